The highest BCUT2D eigenvalue weighted by Gasteiger charge is 1.74. The van der Waals surface area contributed by atoms with Crippen LogP contribution in [0.1, 0.15) is 20.8 Å². The van der Waals surface area contributed by atoms with Crippen LogP contribution in [-0.2, 0) is 0 Å². The third kappa shape index (κ3) is 5.16. The standard InChI is InChI=1S/C9H15N/c1-8(2)5-4-6-9(3)7-10/h4-7H,10H2,1-3H3/b6-4-,9-7+. The van der Waals surface area contributed by atoms with Crippen molar-refractivity contribution < 1.29 is 0 Å². The molecule has 0 unspecified atom stereocenters. The largest absolute Gasteiger partial charge is 0.404 e. The summed E-state index contributed by atoms with van der Waals surface area (Å²) in [6.45, 7) is 6.09. The van der Waals surface area contributed by atoms with E-state index >= 15 is 0 Å². The van der Waals surface area contributed by atoms with Crippen LogP contribution < -0.4 is 5.73 Å². The first kappa shape index (κ1) is 9.02. The average Bonchev–Trinajstić information content (AvgIpc) is 1.87. The Bertz CT molecular complexity index is 169. The Morgan fingerprint density at radius 3 is 2.20 bits per heavy atom. The highest BCUT2D eigenvalue weighted by atomic mass is 14.5. The number of hydrogen-bond donors (Lipinski definition) is 1. The van der Waals surface area contributed by atoms with Crippen molar-refractivity contribution in [1.29, 1.82) is 0 Å². The van der Waals surface area contributed by atoms with Gasteiger partial charge >= 0.3 is 0 Å². The molecule has 1 heteroatoms. The summed E-state index contributed by atoms with van der Waals surface area (Å²) >= 11 is 0. The zero-order valence-electron chi connectivity index (χ0n) is 6.89. The average molecular weight is 137 g/mol. The molecule has 0 rings (SSSR count). The summed E-state index contributed by atoms with van der Waals surface area (Å²) in [7, 11) is 0. The molecular formula is C9H15N. The summed E-state index contributed by atoms with van der Waals surface area (Å²) in [6, 6.07) is 0. The maximum Gasteiger partial charge on any atom is -0.00325 e. The first-order chi connectivity index (χ1) is 4.66. The van der Waals surface area contributed by atoms with Crippen molar-refractivity contribution in [2.24, 2.45) is 5.73 Å². The first-order valence-corrected chi connectivity index (χ1v) is 3.37. The van der Waals surface area contributed by atoms with Gasteiger partial charge in [-0.05, 0) is 32.5 Å². The second-order valence-corrected chi connectivity index (χ2v) is 2.51. The van der Waals surface area contributed by atoms with E-state index in [1.54, 1.807) is 6.20 Å². The summed E-state index contributed by atoms with van der Waals surface area (Å²) in [6.07, 6.45) is 7.61. The highest BCUT2D eigenvalue weighted by molar-refractivity contribution is 5.20. The van der Waals surface area contributed by atoms with E-state index in [9.17, 15) is 0 Å². The molecule has 10 heavy (non-hydrogen) atoms. The summed E-state index contributed by atoms with van der Waals surface area (Å²) in [4.78, 5) is 0. The third-order valence-corrected chi connectivity index (χ3v) is 1.05. The molecule has 0 aliphatic carbocycles. The molecular weight excluding hydrogens is 122 g/mol. The van der Waals surface area contributed by atoms with E-state index in [0.717, 1.165) is 5.57 Å². The van der Waals surface area contributed by atoms with Gasteiger partial charge in [0.1, 0.15) is 0 Å². The maximum atomic E-state index is 5.25. The van der Waals surface area contributed by atoms with Crippen molar-refractivity contribution >= 4 is 0 Å². The van der Waals surface area contributed by atoms with Gasteiger partial charge in [-0.1, -0.05) is 23.8 Å². The molecule has 0 atom stereocenters. The monoisotopic (exact) mass is 137 g/mol. The minimum Gasteiger partial charge on any atom is -0.404 e. The molecule has 2 N–H and O–H groups in total. The van der Waals surface area contributed by atoms with E-state index in [0.29, 0.717) is 0 Å². The second kappa shape index (κ2) is 4.86. The van der Waals surface area contributed by atoms with Gasteiger partial charge in [0.2, 0.25) is 0 Å². The predicted octanol–water partition coefficient (Wildman–Crippen LogP) is 2.37. The molecule has 0 aromatic rings. The van der Waals surface area contributed by atoms with Crippen molar-refractivity contribution in [3.05, 3.63) is 35.6 Å². The van der Waals surface area contributed by atoms with E-state index in [2.05, 4.69) is 13.8 Å². The number of nitrogens with two attached hydrogens (primary N) is 1. The molecule has 0 saturated heterocycles. The Labute approximate surface area is 62.9 Å². The van der Waals surface area contributed by atoms with Crippen LogP contribution in [0.4, 0.5) is 0 Å². The molecule has 0 bridgehead atoms. The maximum absolute atomic E-state index is 5.25. The Hall–Kier alpha value is -0.980. The SMILES string of the molecule is CC(C)=C/C=C\C(C)=C\N. The van der Waals surface area contributed by atoms with Gasteiger partial charge < -0.3 is 5.73 Å². The lowest BCUT2D eigenvalue weighted by molar-refractivity contribution is 1.38. The van der Waals surface area contributed by atoms with Crippen LogP contribution in [0.2, 0.25) is 0 Å². The van der Waals surface area contributed by atoms with E-state index in [4.69, 9.17) is 5.73 Å². The number of hydrogen-bond acceptors (Lipinski definition) is 1. The second-order valence-electron chi connectivity index (χ2n) is 2.51. The fraction of sp³-hybridized carbons (Fsp3) is 0.333. The van der Waals surface area contributed by atoms with E-state index in [-0.39, 0.29) is 0 Å². The van der Waals surface area contributed by atoms with Crippen LogP contribution in [-0.4, -0.2) is 0 Å². The predicted molar refractivity (Wildman–Crippen MR) is 46.5 cm³/mol. The lowest BCUT2D eigenvalue weighted by Gasteiger charge is -1.85. The van der Waals surface area contributed by atoms with Crippen LogP contribution >= 0.6 is 0 Å². The van der Waals surface area contributed by atoms with E-state index in [1.165, 1.54) is 5.57 Å². The molecule has 0 aliphatic heterocycles. The topological polar surface area (TPSA) is 26.0 Å². The van der Waals surface area contributed by atoms with Crippen LogP contribution in [0.5, 0.6) is 0 Å². The Kier molecular flexibility index (Phi) is 4.38. The van der Waals surface area contributed by atoms with E-state index in [1.807, 2.05) is 25.2 Å². The van der Waals surface area contributed by atoms with Gasteiger partial charge in [-0.2, -0.15) is 0 Å². The van der Waals surface area contributed by atoms with Crippen molar-refractivity contribution in [3.8, 4) is 0 Å². The van der Waals surface area contributed by atoms with Crippen LogP contribution in [0.15, 0.2) is 35.6 Å². The normalized spacial score (nSPS) is 12.1. The van der Waals surface area contributed by atoms with Crippen molar-refractivity contribution in [2.45, 2.75) is 20.8 Å². The van der Waals surface area contributed by atoms with Crippen molar-refractivity contribution in [2.75, 3.05) is 0 Å². The quantitative estimate of drug-likeness (QED) is 0.581. The zero-order valence-corrected chi connectivity index (χ0v) is 6.89. The van der Waals surface area contributed by atoms with Gasteiger partial charge in [-0.25, -0.2) is 0 Å². The van der Waals surface area contributed by atoms with Gasteiger partial charge in [0.25, 0.3) is 0 Å². The molecule has 0 heterocycles. The van der Waals surface area contributed by atoms with Crippen LogP contribution in [0, 0.1) is 0 Å². The number of rotatable bonds is 2. The molecule has 0 amide bonds. The lowest BCUT2D eigenvalue weighted by atomic mass is 10.2. The van der Waals surface area contributed by atoms with Crippen LogP contribution in [0.3, 0.4) is 0 Å². The Balaban J connectivity index is 3.90. The Morgan fingerprint density at radius 2 is 1.80 bits per heavy atom. The minimum atomic E-state index is 1.08. The summed E-state index contributed by atoms with van der Waals surface area (Å²) in [5, 5.41) is 0. The lowest BCUT2D eigenvalue weighted by Crippen LogP contribution is -1.79. The summed E-state index contributed by atoms with van der Waals surface area (Å²) in [5.41, 5.74) is 7.63. The molecule has 0 aliphatic rings. The van der Waals surface area contributed by atoms with Crippen LogP contribution in [0.25, 0.3) is 0 Å². The molecule has 0 saturated carbocycles. The van der Waals surface area contributed by atoms with Crippen molar-refractivity contribution in [3.63, 3.8) is 0 Å². The molecule has 0 aromatic heterocycles. The first-order valence-electron chi connectivity index (χ1n) is 3.37. The number of allylic oxidation sites excluding steroid dienone is 5. The molecule has 1 nitrogen and oxygen atoms in total. The molecule has 56 valence electrons. The highest BCUT2D eigenvalue weighted by Crippen LogP contribution is 1.94. The molecule has 0 spiro atoms. The van der Waals surface area contributed by atoms with Gasteiger partial charge in [0, 0.05) is 0 Å². The van der Waals surface area contributed by atoms with Crippen molar-refractivity contribution in [1.82, 2.24) is 0 Å². The summed E-state index contributed by atoms with van der Waals surface area (Å²) in [5.74, 6) is 0. The Morgan fingerprint density at radius 1 is 1.20 bits per heavy atom. The van der Waals surface area contributed by atoms with Gasteiger partial charge in [-0.15, -0.1) is 0 Å². The minimum absolute atomic E-state index is 1.08. The molecule has 0 radical (unpaired) electrons. The van der Waals surface area contributed by atoms with Gasteiger partial charge in [0.15, 0.2) is 0 Å². The van der Waals surface area contributed by atoms with E-state index < -0.39 is 0 Å². The third-order valence-electron chi connectivity index (χ3n) is 1.05. The van der Waals surface area contributed by atoms with Gasteiger partial charge in [0.05, 0.1) is 0 Å². The van der Waals surface area contributed by atoms with Gasteiger partial charge in [-0.3, -0.25) is 0 Å². The fourth-order valence-corrected chi connectivity index (χ4v) is 0.448. The fourth-order valence-electron chi connectivity index (χ4n) is 0.448. The smallest absolute Gasteiger partial charge is 0.00325 e. The summed E-state index contributed by atoms with van der Waals surface area (Å²) < 4.78 is 0. The molecule has 0 aromatic carbocycles. The molecule has 0 fully saturated rings. The zero-order chi connectivity index (χ0) is 7.98.